The normalized spacial score (nSPS) is 18.3. The standard InChI is InChI=1S/C24H36N8O/c1-4-26-21(33)18-10-9-16(2)20(13-18)28-23-29-22(27-19-11-12-25-14-19)30-24(31-23)32(3)15-17-7-5-6-8-17/h9-10,13,17,19,25H,4-8,11-12,14-15H2,1-3H3,(H,26,33)(H2,27,28,29,30,31)/t19-/m1/s1. The number of nitrogens with one attached hydrogen (secondary N) is 4. The van der Waals surface area contributed by atoms with Gasteiger partial charge in [-0.2, -0.15) is 15.0 Å². The van der Waals surface area contributed by atoms with E-state index in [1.807, 2.05) is 32.0 Å². The molecule has 0 radical (unpaired) electrons. The molecule has 1 atom stereocenters. The van der Waals surface area contributed by atoms with Crippen LogP contribution in [0.1, 0.15) is 54.9 Å². The van der Waals surface area contributed by atoms with Gasteiger partial charge < -0.3 is 26.2 Å². The van der Waals surface area contributed by atoms with Crippen molar-refractivity contribution in [3.8, 4) is 0 Å². The van der Waals surface area contributed by atoms with E-state index in [-0.39, 0.29) is 5.91 Å². The van der Waals surface area contributed by atoms with Crippen molar-refractivity contribution in [2.45, 2.75) is 52.0 Å². The van der Waals surface area contributed by atoms with Gasteiger partial charge in [0, 0.05) is 44.0 Å². The number of aromatic nitrogens is 3. The Hall–Kier alpha value is -2.94. The van der Waals surface area contributed by atoms with Gasteiger partial charge >= 0.3 is 0 Å². The summed E-state index contributed by atoms with van der Waals surface area (Å²) in [5.41, 5.74) is 2.43. The summed E-state index contributed by atoms with van der Waals surface area (Å²) in [6.45, 7) is 7.34. The summed E-state index contributed by atoms with van der Waals surface area (Å²) in [4.78, 5) is 28.6. The Labute approximate surface area is 196 Å². The van der Waals surface area contributed by atoms with Crippen molar-refractivity contribution in [2.24, 2.45) is 5.92 Å². The Morgan fingerprint density at radius 1 is 1.15 bits per heavy atom. The van der Waals surface area contributed by atoms with Crippen LogP contribution in [0.25, 0.3) is 0 Å². The lowest BCUT2D eigenvalue weighted by atomic mass is 10.1. The fraction of sp³-hybridized carbons (Fsp3) is 0.583. The number of amides is 1. The first-order chi connectivity index (χ1) is 16.0. The summed E-state index contributed by atoms with van der Waals surface area (Å²) in [5, 5.41) is 13.0. The van der Waals surface area contributed by atoms with Crippen molar-refractivity contribution < 1.29 is 4.79 Å². The van der Waals surface area contributed by atoms with Crippen LogP contribution in [0, 0.1) is 12.8 Å². The Bertz CT molecular complexity index is 953. The van der Waals surface area contributed by atoms with Crippen LogP contribution < -0.4 is 26.2 Å². The van der Waals surface area contributed by atoms with Gasteiger partial charge in [-0.1, -0.05) is 18.9 Å². The Balaban J connectivity index is 1.59. The van der Waals surface area contributed by atoms with E-state index < -0.39 is 0 Å². The molecule has 0 bridgehead atoms. The highest BCUT2D eigenvalue weighted by Gasteiger charge is 2.21. The van der Waals surface area contributed by atoms with Gasteiger partial charge in [-0.05, 0) is 63.3 Å². The highest BCUT2D eigenvalue weighted by atomic mass is 16.1. The molecule has 1 saturated carbocycles. The number of hydrogen-bond acceptors (Lipinski definition) is 8. The van der Waals surface area contributed by atoms with Crippen LogP contribution in [0.4, 0.5) is 23.5 Å². The summed E-state index contributed by atoms with van der Waals surface area (Å²) in [5.74, 6) is 2.30. The van der Waals surface area contributed by atoms with Gasteiger partial charge in [0.25, 0.3) is 5.91 Å². The van der Waals surface area contributed by atoms with E-state index >= 15 is 0 Å². The fourth-order valence-electron chi connectivity index (χ4n) is 4.56. The summed E-state index contributed by atoms with van der Waals surface area (Å²) in [6.07, 6.45) is 6.20. The van der Waals surface area contributed by atoms with Crippen LogP contribution in [0.5, 0.6) is 0 Å². The van der Waals surface area contributed by atoms with Crippen molar-refractivity contribution in [1.29, 1.82) is 0 Å². The first-order valence-corrected chi connectivity index (χ1v) is 12.1. The van der Waals surface area contributed by atoms with Crippen LogP contribution in [0.2, 0.25) is 0 Å². The smallest absolute Gasteiger partial charge is 0.251 e. The van der Waals surface area contributed by atoms with Gasteiger partial charge in [0.15, 0.2) is 0 Å². The van der Waals surface area contributed by atoms with Crippen molar-refractivity contribution in [2.75, 3.05) is 48.8 Å². The van der Waals surface area contributed by atoms with Gasteiger partial charge in [0.2, 0.25) is 17.8 Å². The molecule has 1 aliphatic heterocycles. The quantitative estimate of drug-likeness (QED) is 0.460. The first kappa shape index (κ1) is 23.2. The van der Waals surface area contributed by atoms with E-state index in [4.69, 9.17) is 9.97 Å². The molecule has 9 heteroatoms. The molecule has 2 fully saturated rings. The lowest BCUT2D eigenvalue weighted by molar-refractivity contribution is 0.0956. The molecular formula is C24H36N8O. The van der Waals surface area contributed by atoms with E-state index in [9.17, 15) is 4.79 Å². The second-order valence-corrected chi connectivity index (χ2v) is 9.16. The molecule has 4 N–H and O–H groups in total. The lowest BCUT2D eigenvalue weighted by Crippen LogP contribution is -2.28. The zero-order chi connectivity index (χ0) is 23.2. The van der Waals surface area contributed by atoms with E-state index in [0.717, 1.165) is 37.3 Å². The van der Waals surface area contributed by atoms with Crippen molar-refractivity contribution >= 4 is 29.4 Å². The number of carbonyl (C=O) groups is 1. The minimum atomic E-state index is -0.0933. The molecule has 4 rings (SSSR count). The van der Waals surface area contributed by atoms with Gasteiger partial charge in [-0.15, -0.1) is 0 Å². The maximum Gasteiger partial charge on any atom is 0.251 e. The topological polar surface area (TPSA) is 107 Å². The van der Waals surface area contributed by atoms with Crippen LogP contribution in [0.15, 0.2) is 18.2 Å². The summed E-state index contributed by atoms with van der Waals surface area (Å²) >= 11 is 0. The van der Waals surface area contributed by atoms with Gasteiger partial charge in [-0.3, -0.25) is 4.79 Å². The Morgan fingerprint density at radius 2 is 1.94 bits per heavy atom. The molecule has 178 valence electrons. The number of carbonyl (C=O) groups excluding carboxylic acids is 1. The van der Waals surface area contributed by atoms with Gasteiger partial charge in [0.05, 0.1) is 0 Å². The Morgan fingerprint density at radius 3 is 2.67 bits per heavy atom. The third kappa shape index (κ3) is 6.10. The third-order valence-corrected chi connectivity index (χ3v) is 6.45. The average Bonchev–Trinajstić information content (AvgIpc) is 3.50. The number of anilines is 4. The predicted octanol–water partition coefficient (Wildman–Crippen LogP) is 3.07. The zero-order valence-corrected chi connectivity index (χ0v) is 19.9. The molecule has 0 spiro atoms. The summed E-state index contributed by atoms with van der Waals surface area (Å²) in [6, 6.07) is 5.92. The lowest BCUT2D eigenvalue weighted by Gasteiger charge is -2.22. The molecule has 1 aromatic carbocycles. The monoisotopic (exact) mass is 452 g/mol. The van der Waals surface area contributed by atoms with Crippen molar-refractivity contribution in [3.63, 3.8) is 0 Å². The number of nitrogens with zero attached hydrogens (tertiary/aromatic N) is 4. The molecule has 1 aromatic heterocycles. The maximum absolute atomic E-state index is 12.3. The number of hydrogen-bond donors (Lipinski definition) is 4. The highest BCUT2D eigenvalue weighted by molar-refractivity contribution is 5.95. The highest BCUT2D eigenvalue weighted by Crippen LogP contribution is 2.27. The SMILES string of the molecule is CCNC(=O)c1ccc(C)c(Nc2nc(N[C@@H]3CCNC3)nc(N(C)CC3CCCC3)n2)c1. The van der Waals surface area contributed by atoms with Crippen molar-refractivity contribution in [3.05, 3.63) is 29.3 Å². The number of aryl methyl sites for hydroxylation is 1. The molecule has 1 saturated heterocycles. The molecule has 2 aromatic rings. The largest absolute Gasteiger partial charge is 0.352 e. The second kappa shape index (κ2) is 10.8. The Kier molecular flexibility index (Phi) is 7.59. The van der Waals surface area contributed by atoms with Crippen LogP contribution in [-0.4, -0.2) is 60.1 Å². The van der Waals surface area contributed by atoms with Crippen LogP contribution >= 0.6 is 0 Å². The van der Waals surface area contributed by atoms with E-state index in [0.29, 0.717) is 41.9 Å². The van der Waals surface area contributed by atoms with E-state index in [1.54, 1.807) is 0 Å². The number of rotatable bonds is 9. The molecule has 0 unspecified atom stereocenters. The first-order valence-electron chi connectivity index (χ1n) is 12.1. The minimum Gasteiger partial charge on any atom is -0.352 e. The number of benzene rings is 1. The average molecular weight is 453 g/mol. The molecule has 1 aliphatic carbocycles. The van der Waals surface area contributed by atoms with E-state index in [1.165, 1.54) is 25.7 Å². The molecule has 9 nitrogen and oxygen atoms in total. The predicted molar refractivity (Wildman–Crippen MR) is 132 cm³/mol. The molecule has 33 heavy (non-hydrogen) atoms. The maximum atomic E-state index is 12.3. The fourth-order valence-corrected chi connectivity index (χ4v) is 4.56. The van der Waals surface area contributed by atoms with Crippen molar-refractivity contribution in [1.82, 2.24) is 25.6 Å². The molecular weight excluding hydrogens is 416 g/mol. The molecule has 1 amide bonds. The van der Waals surface area contributed by atoms with Gasteiger partial charge in [-0.25, -0.2) is 0 Å². The summed E-state index contributed by atoms with van der Waals surface area (Å²) < 4.78 is 0. The second-order valence-electron chi connectivity index (χ2n) is 9.16. The minimum absolute atomic E-state index is 0.0933. The molecule has 2 aliphatic rings. The third-order valence-electron chi connectivity index (χ3n) is 6.45. The summed E-state index contributed by atoms with van der Waals surface area (Å²) in [7, 11) is 2.05. The molecule has 2 heterocycles. The van der Waals surface area contributed by atoms with Crippen LogP contribution in [0.3, 0.4) is 0 Å². The van der Waals surface area contributed by atoms with Crippen LogP contribution in [-0.2, 0) is 0 Å². The van der Waals surface area contributed by atoms with E-state index in [2.05, 4.69) is 38.2 Å². The zero-order valence-electron chi connectivity index (χ0n) is 19.9. The van der Waals surface area contributed by atoms with Gasteiger partial charge in [0.1, 0.15) is 0 Å².